The third-order valence-electron chi connectivity index (χ3n) is 2.34. The summed E-state index contributed by atoms with van der Waals surface area (Å²) in [6, 6.07) is 6.00. The predicted octanol–water partition coefficient (Wildman–Crippen LogP) is 2.05. The molecule has 1 N–H and O–H groups in total. The monoisotopic (exact) mass is 188 g/mol. The second kappa shape index (κ2) is 3.18. The first-order valence-corrected chi connectivity index (χ1v) is 4.46. The first kappa shape index (κ1) is 8.81. The second-order valence-corrected chi connectivity index (χ2v) is 3.49. The minimum Gasteiger partial charge on any atom is -0.378 e. The van der Waals surface area contributed by atoms with Crippen LogP contribution in [0.3, 0.4) is 0 Å². The smallest absolute Gasteiger partial charge is 0.152 e. The highest BCUT2D eigenvalue weighted by Crippen LogP contribution is 2.22. The zero-order valence-corrected chi connectivity index (χ0v) is 8.24. The minimum atomic E-state index is 0.713. The van der Waals surface area contributed by atoms with Gasteiger partial charge in [0.2, 0.25) is 0 Å². The van der Waals surface area contributed by atoms with Crippen molar-refractivity contribution in [3.8, 4) is 0 Å². The fraction of sp³-hybridized carbons (Fsp3) is 0.182. The Hall–Kier alpha value is -1.77. The van der Waals surface area contributed by atoms with E-state index in [4.69, 9.17) is 0 Å². The molecule has 0 amide bonds. The topological polar surface area (TPSA) is 36.1 Å². The molecule has 0 saturated heterocycles. The summed E-state index contributed by atoms with van der Waals surface area (Å²) in [5.41, 5.74) is 2.83. The molecule has 0 aliphatic heterocycles. The maximum absolute atomic E-state index is 10.7. The van der Waals surface area contributed by atoms with E-state index in [1.807, 2.05) is 37.2 Å². The molecule has 2 aromatic rings. The molecule has 0 aliphatic rings. The molecule has 0 saturated carbocycles. The van der Waals surface area contributed by atoms with Gasteiger partial charge in [0.05, 0.1) is 0 Å². The number of benzene rings is 1. The summed E-state index contributed by atoms with van der Waals surface area (Å²) in [6.45, 7) is 0. The number of hydrogen-bond donors (Lipinski definition) is 1. The molecule has 1 aromatic carbocycles. The Morgan fingerprint density at radius 1 is 1.36 bits per heavy atom. The van der Waals surface area contributed by atoms with Gasteiger partial charge < -0.3 is 9.88 Å². The highest BCUT2D eigenvalue weighted by Gasteiger charge is 2.03. The van der Waals surface area contributed by atoms with Crippen molar-refractivity contribution in [1.29, 1.82) is 0 Å². The molecule has 0 fully saturated rings. The van der Waals surface area contributed by atoms with Crippen molar-refractivity contribution in [2.24, 2.45) is 0 Å². The highest BCUT2D eigenvalue weighted by atomic mass is 16.1. The van der Waals surface area contributed by atoms with Gasteiger partial charge in [-0.05, 0) is 12.1 Å². The van der Waals surface area contributed by atoms with Gasteiger partial charge in [-0.3, -0.25) is 4.79 Å². The molecule has 2 rings (SSSR count). The lowest BCUT2D eigenvalue weighted by Gasteiger charge is -2.11. The molecule has 0 aliphatic carbocycles. The number of H-pyrrole nitrogens is 1. The Balaban J connectivity index is 2.63. The Kier molecular flexibility index (Phi) is 2.00. The Bertz CT molecular complexity index is 471. The Morgan fingerprint density at radius 3 is 2.79 bits per heavy atom. The van der Waals surface area contributed by atoms with Crippen molar-refractivity contribution in [3.63, 3.8) is 0 Å². The maximum Gasteiger partial charge on any atom is 0.152 e. The van der Waals surface area contributed by atoms with Crippen LogP contribution in [0.15, 0.2) is 24.4 Å². The number of rotatable bonds is 2. The zero-order chi connectivity index (χ0) is 10.1. The van der Waals surface area contributed by atoms with Crippen molar-refractivity contribution in [1.82, 2.24) is 4.98 Å². The molecule has 0 unspecified atom stereocenters. The molecule has 1 heterocycles. The summed E-state index contributed by atoms with van der Waals surface area (Å²) in [7, 11) is 3.98. The summed E-state index contributed by atoms with van der Waals surface area (Å²) in [5, 5.41) is 0.977. The largest absolute Gasteiger partial charge is 0.378 e. The average molecular weight is 188 g/mol. The summed E-state index contributed by atoms with van der Waals surface area (Å²) in [6.07, 6.45) is 2.60. The first-order valence-electron chi connectivity index (χ1n) is 4.46. The number of nitrogens with zero attached hydrogens (tertiary/aromatic N) is 1. The Morgan fingerprint density at radius 2 is 2.14 bits per heavy atom. The minimum absolute atomic E-state index is 0.713. The normalized spacial score (nSPS) is 10.4. The van der Waals surface area contributed by atoms with Crippen LogP contribution in [0.25, 0.3) is 10.9 Å². The number of aromatic nitrogens is 1. The fourth-order valence-corrected chi connectivity index (χ4v) is 1.51. The van der Waals surface area contributed by atoms with E-state index in [2.05, 4.69) is 4.98 Å². The van der Waals surface area contributed by atoms with Crippen LogP contribution in [0.2, 0.25) is 0 Å². The number of carbonyl (C=O) groups excluding carboxylic acids is 1. The van der Waals surface area contributed by atoms with Gasteiger partial charge in [0.15, 0.2) is 6.29 Å². The van der Waals surface area contributed by atoms with Crippen LogP contribution in [0.1, 0.15) is 10.4 Å². The Labute approximate surface area is 82.3 Å². The van der Waals surface area contributed by atoms with Gasteiger partial charge in [0.25, 0.3) is 0 Å². The molecule has 0 radical (unpaired) electrons. The SMILES string of the molecule is CN(C)c1ccc2c(C=O)c[nH]c2c1. The van der Waals surface area contributed by atoms with Gasteiger partial charge in [-0.2, -0.15) is 0 Å². The molecule has 0 atom stereocenters. The van der Waals surface area contributed by atoms with E-state index in [-0.39, 0.29) is 0 Å². The molecule has 0 spiro atoms. The number of fused-ring (bicyclic) bond motifs is 1. The lowest BCUT2D eigenvalue weighted by molar-refractivity contribution is 0.112. The van der Waals surface area contributed by atoms with E-state index >= 15 is 0 Å². The van der Waals surface area contributed by atoms with Crippen LogP contribution in [0, 0.1) is 0 Å². The van der Waals surface area contributed by atoms with Gasteiger partial charge in [-0.25, -0.2) is 0 Å². The fourth-order valence-electron chi connectivity index (χ4n) is 1.51. The quantitative estimate of drug-likeness (QED) is 0.732. The molecular weight excluding hydrogens is 176 g/mol. The zero-order valence-electron chi connectivity index (χ0n) is 8.24. The van der Waals surface area contributed by atoms with Crippen molar-refractivity contribution in [3.05, 3.63) is 30.0 Å². The van der Waals surface area contributed by atoms with Crippen LogP contribution >= 0.6 is 0 Å². The lowest BCUT2D eigenvalue weighted by Crippen LogP contribution is -2.07. The number of carbonyl (C=O) groups is 1. The van der Waals surface area contributed by atoms with Gasteiger partial charge in [0.1, 0.15) is 0 Å². The van der Waals surface area contributed by atoms with Gasteiger partial charge in [0, 0.05) is 42.4 Å². The number of aromatic amines is 1. The molecule has 1 aromatic heterocycles. The van der Waals surface area contributed by atoms with Gasteiger partial charge in [-0.15, -0.1) is 0 Å². The molecule has 72 valence electrons. The predicted molar refractivity (Wildman–Crippen MR) is 58.0 cm³/mol. The summed E-state index contributed by atoms with van der Waals surface area (Å²) in [4.78, 5) is 15.8. The standard InChI is InChI=1S/C11H12N2O/c1-13(2)9-3-4-10-8(7-14)6-12-11(10)5-9/h3-7,12H,1-2H3. The molecule has 14 heavy (non-hydrogen) atoms. The third kappa shape index (κ3) is 1.27. The summed E-state index contributed by atoms with van der Waals surface area (Å²) in [5.74, 6) is 0. The van der Waals surface area contributed by atoms with Crippen molar-refractivity contribution >= 4 is 22.9 Å². The highest BCUT2D eigenvalue weighted by molar-refractivity contribution is 5.98. The third-order valence-corrected chi connectivity index (χ3v) is 2.34. The van der Waals surface area contributed by atoms with Crippen LogP contribution < -0.4 is 4.90 Å². The summed E-state index contributed by atoms with van der Waals surface area (Å²) < 4.78 is 0. The first-order chi connectivity index (χ1) is 6.72. The number of anilines is 1. The van der Waals surface area contributed by atoms with Crippen molar-refractivity contribution < 1.29 is 4.79 Å². The van der Waals surface area contributed by atoms with Crippen LogP contribution in [0.4, 0.5) is 5.69 Å². The van der Waals surface area contributed by atoms with Crippen molar-refractivity contribution in [2.45, 2.75) is 0 Å². The molecule has 3 nitrogen and oxygen atoms in total. The lowest BCUT2D eigenvalue weighted by atomic mass is 10.2. The molecule has 0 bridgehead atoms. The summed E-state index contributed by atoms with van der Waals surface area (Å²) >= 11 is 0. The van der Waals surface area contributed by atoms with E-state index in [1.165, 1.54) is 0 Å². The average Bonchev–Trinajstić information content (AvgIpc) is 2.59. The van der Waals surface area contributed by atoms with E-state index in [0.717, 1.165) is 22.9 Å². The number of hydrogen-bond acceptors (Lipinski definition) is 2. The number of aldehydes is 1. The van der Waals surface area contributed by atoms with Crippen LogP contribution in [-0.4, -0.2) is 25.4 Å². The number of nitrogens with one attached hydrogen (secondary N) is 1. The van der Waals surface area contributed by atoms with E-state index in [0.29, 0.717) is 5.56 Å². The van der Waals surface area contributed by atoms with Crippen LogP contribution in [-0.2, 0) is 0 Å². The van der Waals surface area contributed by atoms with E-state index in [9.17, 15) is 4.79 Å². The molecular formula is C11H12N2O. The molecule has 3 heteroatoms. The van der Waals surface area contributed by atoms with E-state index in [1.54, 1.807) is 6.20 Å². The van der Waals surface area contributed by atoms with E-state index < -0.39 is 0 Å². The van der Waals surface area contributed by atoms with Gasteiger partial charge >= 0.3 is 0 Å². The maximum atomic E-state index is 10.7. The van der Waals surface area contributed by atoms with Gasteiger partial charge in [-0.1, -0.05) is 6.07 Å². The second-order valence-electron chi connectivity index (χ2n) is 3.49. The van der Waals surface area contributed by atoms with Crippen LogP contribution in [0.5, 0.6) is 0 Å². The van der Waals surface area contributed by atoms with Crippen molar-refractivity contribution in [2.75, 3.05) is 19.0 Å².